The Kier molecular flexibility index (Phi) is 7.21. The van der Waals surface area contributed by atoms with E-state index in [0.717, 1.165) is 27.1 Å². The molecule has 2 amide bonds. The van der Waals surface area contributed by atoms with Crippen LogP contribution in [0.2, 0.25) is 0 Å². The van der Waals surface area contributed by atoms with Gasteiger partial charge in [0, 0.05) is 10.8 Å². The fourth-order valence-corrected chi connectivity index (χ4v) is 5.15. The van der Waals surface area contributed by atoms with E-state index in [9.17, 15) is 19.5 Å². The normalized spacial score (nSPS) is 14.8. The van der Waals surface area contributed by atoms with Gasteiger partial charge in [-0.25, -0.2) is 4.79 Å². The summed E-state index contributed by atoms with van der Waals surface area (Å²) in [5.74, 6) is -1.58. The van der Waals surface area contributed by atoms with Gasteiger partial charge in [-0.05, 0) is 47.0 Å². The van der Waals surface area contributed by atoms with Crippen LogP contribution in [0.15, 0.2) is 66.0 Å². The number of rotatable bonds is 9. The van der Waals surface area contributed by atoms with Gasteiger partial charge in [-0.3, -0.25) is 9.59 Å². The Morgan fingerprint density at radius 2 is 1.66 bits per heavy atom. The summed E-state index contributed by atoms with van der Waals surface area (Å²) in [4.78, 5) is 38.0. The van der Waals surface area contributed by atoms with Crippen molar-refractivity contribution in [1.29, 1.82) is 0 Å². The number of carboxylic acid groups (broad SMARTS) is 1. The Morgan fingerprint density at radius 1 is 1.03 bits per heavy atom. The minimum absolute atomic E-state index is 0.0892. The van der Waals surface area contributed by atoms with Crippen molar-refractivity contribution >= 4 is 29.3 Å². The molecule has 0 fully saturated rings. The Balaban J connectivity index is 1.43. The number of carbonyl (C=O) groups is 3. The lowest BCUT2D eigenvalue weighted by atomic mass is 9.96. The molecule has 4 rings (SSSR count). The molecule has 7 nitrogen and oxygen atoms in total. The molecule has 182 valence electrons. The Morgan fingerprint density at radius 3 is 2.20 bits per heavy atom. The van der Waals surface area contributed by atoms with Gasteiger partial charge in [-0.2, -0.15) is 0 Å². The molecule has 3 aromatic rings. The van der Waals surface area contributed by atoms with E-state index in [0.29, 0.717) is 6.42 Å². The molecule has 3 N–H and O–H groups in total. The van der Waals surface area contributed by atoms with E-state index in [1.807, 2.05) is 41.8 Å². The van der Waals surface area contributed by atoms with Crippen molar-refractivity contribution in [3.05, 3.63) is 82.0 Å². The Hall–Kier alpha value is -3.65. The lowest BCUT2D eigenvalue weighted by molar-refractivity contribution is -0.138. The third kappa shape index (κ3) is 5.22. The van der Waals surface area contributed by atoms with E-state index < -0.39 is 29.6 Å². The highest BCUT2D eigenvalue weighted by molar-refractivity contribution is 7.10. The lowest BCUT2D eigenvalue weighted by Gasteiger charge is -2.30. The largest absolute Gasteiger partial charge is 0.481 e. The minimum Gasteiger partial charge on any atom is -0.481 e. The molecule has 0 saturated carbocycles. The number of amides is 2. The zero-order chi connectivity index (χ0) is 25.0. The monoisotopic (exact) mass is 492 g/mol. The number of nitrogens with one attached hydrogen (secondary N) is 2. The molecule has 0 saturated heterocycles. The number of hydrogen-bond donors (Lipinski definition) is 3. The summed E-state index contributed by atoms with van der Waals surface area (Å²) >= 11 is 1.37. The molecule has 1 aliphatic rings. The molecule has 0 spiro atoms. The number of benzene rings is 2. The molecule has 2 atom stereocenters. The molecule has 2 aromatic carbocycles. The van der Waals surface area contributed by atoms with Crippen LogP contribution in [0.4, 0.5) is 4.79 Å². The summed E-state index contributed by atoms with van der Waals surface area (Å²) in [6, 6.07) is 19.0. The Bertz CT molecular complexity index is 1180. The van der Waals surface area contributed by atoms with Gasteiger partial charge in [0.15, 0.2) is 0 Å². The van der Waals surface area contributed by atoms with Gasteiger partial charge in [-0.1, -0.05) is 61.5 Å². The number of alkyl carbamates (subject to hydrolysis) is 1. The second kappa shape index (κ2) is 10.3. The molecule has 0 radical (unpaired) electrons. The summed E-state index contributed by atoms with van der Waals surface area (Å²) in [6.07, 6.45) is -0.651. The first-order chi connectivity index (χ1) is 16.8. The molecule has 1 aromatic heterocycles. The van der Waals surface area contributed by atoms with Crippen molar-refractivity contribution in [2.75, 3.05) is 6.61 Å². The molecule has 35 heavy (non-hydrogen) atoms. The minimum atomic E-state index is -1.27. The van der Waals surface area contributed by atoms with E-state index in [-0.39, 0.29) is 18.9 Å². The third-order valence-electron chi connectivity index (χ3n) is 6.50. The van der Waals surface area contributed by atoms with Crippen molar-refractivity contribution in [2.45, 2.75) is 44.2 Å². The smallest absolute Gasteiger partial charge is 0.408 e. The summed E-state index contributed by atoms with van der Waals surface area (Å²) in [5.41, 5.74) is 3.20. The van der Waals surface area contributed by atoms with Crippen LogP contribution in [0.25, 0.3) is 11.1 Å². The Labute approximate surface area is 208 Å². The molecule has 0 bridgehead atoms. The topological polar surface area (TPSA) is 105 Å². The molecular formula is C27H28N2O5S. The number of carboxylic acids is 1. The maximum Gasteiger partial charge on any atom is 0.408 e. The van der Waals surface area contributed by atoms with Crippen molar-refractivity contribution < 1.29 is 24.2 Å². The maximum atomic E-state index is 13.1. The second-order valence-electron chi connectivity index (χ2n) is 8.78. The highest BCUT2D eigenvalue weighted by atomic mass is 32.1. The van der Waals surface area contributed by atoms with Gasteiger partial charge in [-0.15, -0.1) is 11.3 Å². The first kappa shape index (κ1) is 24.5. The van der Waals surface area contributed by atoms with E-state index >= 15 is 0 Å². The first-order valence-electron chi connectivity index (χ1n) is 11.5. The van der Waals surface area contributed by atoms with Crippen LogP contribution in [-0.4, -0.2) is 35.2 Å². The van der Waals surface area contributed by atoms with Crippen molar-refractivity contribution in [2.24, 2.45) is 0 Å². The number of ether oxygens (including phenoxy) is 1. The molecule has 1 aliphatic carbocycles. The summed E-state index contributed by atoms with van der Waals surface area (Å²) < 4.78 is 5.61. The van der Waals surface area contributed by atoms with Crippen molar-refractivity contribution in [3.8, 4) is 11.1 Å². The van der Waals surface area contributed by atoms with E-state index in [1.165, 1.54) is 11.3 Å². The second-order valence-corrected chi connectivity index (χ2v) is 9.75. The van der Waals surface area contributed by atoms with Crippen LogP contribution in [-0.2, 0) is 14.3 Å². The number of thiophene rings is 1. The predicted octanol–water partition coefficient (Wildman–Crippen LogP) is 5.09. The quantitative estimate of drug-likeness (QED) is 0.386. The van der Waals surface area contributed by atoms with E-state index in [2.05, 4.69) is 22.8 Å². The number of fused-ring (bicyclic) bond motifs is 3. The van der Waals surface area contributed by atoms with Gasteiger partial charge in [0.25, 0.3) is 0 Å². The first-order valence-corrected chi connectivity index (χ1v) is 12.4. The lowest BCUT2D eigenvalue weighted by Crippen LogP contribution is -2.57. The SMILES string of the molecule is CCC(C)(NC(=O)OCC1c2ccccc2-c2ccccc21)C(=O)NC(CC(=O)O)c1cccs1. The third-order valence-corrected chi connectivity index (χ3v) is 7.49. The average Bonchev–Trinajstić information content (AvgIpc) is 3.49. The summed E-state index contributed by atoms with van der Waals surface area (Å²) in [5, 5.41) is 16.6. The van der Waals surface area contributed by atoms with Crippen LogP contribution in [0, 0.1) is 0 Å². The summed E-state index contributed by atoms with van der Waals surface area (Å²) in [6.45, 7) is 3.52. The molecule has 8 heteroatoms. The maximum absolute atomic E-state index is 13.1. The highest BCUT2D eigenvalue weighted by Gasteiger charge is 2.36. The van der Waals surface area contributed by atoms with Gasteiger partial charge >= 0.3 is 12.1 Å². The van der Waals surface area contributed by atoms with E-state index in [4.69, 9.17) is 4.74 Å². The molecule has 0 aliphatic heterocycles. The number of carbonyl (C=O) groups excluding carboxylic acids is 2. The van der Waals surface area contributed by atoms with Crippen molar-refractivity contribution in [1.82, 2.24) is 10.6 Å². The van der Waals surface area contributed by atoms with Crippen molar-refractivity contribution in [3.63, 3.8) is 0 Å². The van der Waals surface area contributed by atoms with Gasteiger partial charge in [0.05, 0.1) is 12.5 Å². The highest BCUT2D eigenvalue weighted by Crippen LogP contribution is 2.44. The predicted molar refractivity (Wildman–Crippen MR) is 134 cm³/mol. The zero-order valence-corrected chi connectivity index (χ0v) is 20.4. The van der Waals surface area contributed by atoms with Gasteiger partial charge < -0.3 is 20.5 Å². The summed E-state index contributed by atoms with van der Waals surface area (Å²) in [7, 11) is 0. The number of hydrogen-bond acceptors (Lipinski definition) is 5. The van der Waals surface area contributed by atoms with Crippen LogP contribution in [0.1, 0.15) is 54.7 Å². The van der Waals surface area contributed by atoms with Gasteiger partial charge in [0.2, 0.25) is 5.91 Å². The molecular weight excluding hydrogens is 464 g/mol. The molecule has 2 unspecified atom stereocenters. The van der Waals surface area contributed by atoms with Crippen LogP contribution >= 0.6 is 11.3 Å². The zero-order valence-electron chi connectivity index (χ0n) is 19.6. The average molecular weight is 493 g/mol. The number of aliphatic carboxylic acids is 1. The fourth-order valence-electron chi connectivity index (χ4n) is 4.37. The van der Waals surface area contributed by atoms with Gasteiger partial charge in [0.1, 0.15) is 12.1 Å². The van der Waals surface area contributed by atoms with E-state index in [1.54, 1.807) is 26.0 Å². The molecule has 1 heterocycles. The fraction of sp³-hybridized carbons (Fsp3) is 0.296. The van der Waals surface area contributed by atoms with Crippen LogP contribution in [0.3, 0.4) is 0 Å². The van der Waals surface area contributed by atoms with Crippen LogP contribution < -0.4 is 10.6 Å². The van der Waals surface area contributed by atoms with Crippen LogP contribution in [0.5, 0.6) is 0 Å². The standard InChI is InChI=1S/C27H28N2O5S/c1-3-27(2,25(32)28-22(15-24(30)31)23-13-8-14-35-23)29-26(33)34-16-21-19-11-6-4-9-17(19)18-10-5-7-12-20(18)21/h4-14,21-22H,3,15-16H2,1-2H3,(H,28,32)(H,29,33)(H,30,31).